The van der Waals surface area contributed by atoms with Crippen LogP contribution < -0.4 is 5.32 Å². The number of benzene rings is 1. The lowest BCUT2D eigenvalue weighted by Crippen LogP contribution is -2.12. The molecule has 4 aromatic rings. The highest BCUT2D eigenvalue weighted by Gasteiger charge is 2.57. The van der Waals surface area contributed by atoms with E-state index in [9.17, 15) is 13.6 Å². The van der Waals surface area contributed by atoms with Crippen LogP contribution in [0.4, 0.5) is 14.5 Å². The maximum absolute atomic E-state index is 13.1. The van der Waals surface area contributed by atoms with Crippen molar-refractivity contribution in [3.05, 3.63) is 59.9 Å². The van der Waals surface area contributed by atoms with Crippen LogP contribution in [0.25, 0.3) is 16.9 Å². The molecule has 0 radical (unpaired) electrons. The molecule has 5 rings (SSSR count). The number of halogens is 2. The topological polar surface area (TPSA) is 90.0 Å². The average Bonchev–Trinajstić information content (AvgIpc) is 3.11. The number of hydrogen-bond donors (Lipinski definition) is 1. The quantitative estimate of drug-likeness (QED) is 0.547. The molecule has 152 valence electrons. The van der Waals surface area contributed by atoms with Crippen molar-refractivity contribution < 1.29 is 13.6 Å². The molecule has 8 nitrogen and oxygen atoms in total. The van der Waals surface area contributed by atoms with Crippen molar-refractivity contribution in [2.75, 3.05) is 5.32 Å². The van der Waals surface area contributed by atoms with E-state index >= 15 is 0 Å². The summed E-state index contributed by atoms with van der Waals surface area (Å²) in [4.78, 5) is 14.0. The van der Waals surface area contributed by atoms with Crippen LogP contribution in [0.15, 0.2) is 48.8 Å². The molecular formula is C20H17F2N7O. The molecule has 1 aliphatic rings. The Kier molecular flexibility index (Phi) is 4.09. The summed E-state index contributed by atoms with van der Waals surface area (Å²) in [6.45, 7) is 1.90. The molecule has 3 aromatic heterocycles. The minimum atomic E-state index is -2.63. The predicted molar refractivity (Wildman–Crippen MR) is 104 cm³/mol. The zero-order valence-electron chi connectivity index (χ0n) is 16.0. The minimum absolute atomic E-state index is 0.0319. The molecule has 1 saturated carbocycles. The summed E-state index contributed by atoms with van der Waals surface area (Å²) >= 11 is 0. The number of anilines is 1. The molecule has 1 amide bonds. The molecule has 0 unspecified atom stereocenters. The first-order valence-corrected chi connectivity index (χ1v) is 9.41. The fraction of sp³-hybridized carbons (Fsp3) is 0.250. The van der Waals surface area contributed by atoms with Gasteiger partial charge in [-0.2, -0.15) is 9.90 Å². The first-order valence-electron chi connectivity index (χ1n) is 9.41. The summed E-state index contributed by atoms with van der Waals surface area (Å²) < 4.78 is 27.8. The normalized spacial score (nSPS) is 17.2. The third-order valence-electron chi connectivity index (χ3n) is 5.21. The van der Waals surface area contributed by atoms with Gasteiger partial charge in [0.05, 0.1) is 23.8 Å². The van der Waals surface area contributed by atoms with Gasteiger partial charge in [-0.25, -0.2) is 13.3 Å². The van der Waals surface area contributed by atoms with Crippen molar-refractivity contribution in [3.8, 4) is 11.4 Å². The van der Waals surface area contributed by atoms with Crippen LogP contribution in [0.3, 0.4) is 0 Å². The highest BCUT2D eigenvalue weighted by atomic mass is 19.3. The molecule has 1 N–H and O–H groups in total. The number of aryl methyl sites for hydroxylation is 1. The van der Waals surface area contributed by atoms with Gasteiger partial charge in [0.15, 0.2) is 0 Å². The van der Waals surface area contributed by atoms with E-state index in [-0.39, 0.29) is 18.9 Å². The summed E-state index contributed by atoms with van der Waals surface area (Å²) in [5.41, 5.74) is 3.23. The SMILES string of the molecule is Cc1ccc(-c2nnn(C[C@H]3CC3(F)F)n2)cc1NC(=O)c1cnn2ccccc12. The zero-order valence-corrected chi connectivity index (χ0v) is 16.0. The van der Waals surface area contributed by atoms with E-state index in [0.717, 1.165) is 5.56 Å². The number of tetrazole rings is 1. The first kappa shape index (κ1) is 18.3. The second-order valence-electron chi connectivity index (χ2n) is 7.40. The van der Waals surface area contributed by atoms with Gasteiger partial charge in [-0.1, -0.05) is 18.2 Å². The molecule has 0 saturated heterocycles. The monoisotopic (exact) mass is 409 g/mol. The molecular weight excluding hydrogens is 392 g/mol. The van der Waals surface area contributed by atoms with Crippen LogP contribution in [0.1, 0.15) is 22.3 Å². The Morgan fingerprint density at radius 3 is 2.93 bits per heavy atom. The second-order valence-corrected chi connectivity index (χ2v) is 7.40. The summed E-state index contributed by atoms with van der Waals surface area (Å²) in [6.07, 6.45) is 3.14. The molecule has 0 aliphatic heterocycles. The van der Waals surface area contributed by atoms with Crippen LogP contribution >= 0.6 is 0 Å². The highest BCUT2D eigenvalue weighted by Crippen LogP contribution is 2.49. The lowest BCUT2D eigenvalue weighted by molar-refractivity contribution is 0.0929. The van der Waals surface area contributed by atoms with Gasteiger partial charge in [0.25, 0.3) is 11.8 Å². The number of nitrogens with one attached hydrogen (secondary N) is 1. The van der Waals surface area contributed by atoms with Crippen LogP contribution in [0, 0.1) is 12.8 Å². The van der Waals surface area contributed by atoms with E-state index in [0.29, 0.717) is 28.2 Å². The third kappa shape index (κ3) is 3.30. The Morgan fingerprint density at radius 2 is 2.13 bits per heavy atom. The number of fused-ring (bicyclic) bond motifs is 1. The third-order valence-corrected chi connectivity index (χ3v) is 5.21. The number of pyridine rings is 1. The number of carbonyl (C=O) groups excluding carboxylic acids is 1. The molecule has 1 aliphatic carbocycles. The van der Waals surface area contributed by atoms with Gasteiger partial charge >= 0.3 is 0 Å². The van der Waals surface area contributed by atoms with Gasteiger partial charge in [0.2, 0.25) is 5.82 Å². The van der Waals surface area contributed by atoms with Crippen molar-refractivity contribution in [3.63, 3.8) is 0 Å². The summed E-state index contributed by atoms with van der Waals surface area (Å²) in [5.74, 6) is -3.35. The molecule has 1 fully saturated rings. The number of carbonyl (C=O) groups is 1. The number of rotatable bonds is 5. The Labute approximate surface area is 169 Å². The lowest BCUT2D eigenvalue weighted by atomic mass is 10.1. The van der Waals surface area contributed by atoms with Crippen LogP contribution in [0.2, 0.25) is 0 Å². The van der Waals surface area contributed by atoms with Crippen molar-refractivity contribution in [2.24, 2.45) is 5.92 Å². The molecule has 30 heavy (non-hydrogen) atoms. The predicted octanol–water partition coefficient (Wildman–Crippen LogP) is 3.20. The van der Waals surface area contributed by atoms with Gasteiger partial charge in [-0.05, 0) is 35.9 Å². The Morgan fingerprint density at radius 1 is 1.30 bits per heavy atom. The van der Waals surface area contributed by atoms with E-state index in [1.807, 2.05) is 31.2 Å². The number of nitrogens with zero attached hydrogens (tertiary/aromatic N) is 6. The molecule has 10 heteroatoms. The van der Waals surface area contributed by atoms with Crippen molar-refractivity contribution in [1.29, 1.82) is 0 Å². The minimum Gasteiger partial charge on any atom is -0.322 e. The van der Waals surface area contributed by atoms with Gasteiger partial charge < -0.3 is 5.32 Å². The highest BCUT2D eigenvalue weighted by molar-refractivity contribution is 6.09. The first-order chi connectivity index (χ1) is 14.4. The Bertz CT molecular complexity index is 1260. The zero-order chi connectivity index (χ0) is 20.9. The molecule has 1 atom stereocenters. The fourth-order valence-corrected chi connectivity index (χ4v) is 3.30. The van der Waals surface area contributed by atoms with Gasteiger partial charge in [-0.3, -0.25) is 4.79 Å². The maximum Gasteiger partial charge on any atom is 0.259 e. The molecule has 0 bridgehead atoms. The summed E-state index contributed by atoms with van der Waals surface area (Å²) in [5, 5.41) is 19.1. The number of aromatic nitrogens is 6. The molecule has 1 aromatic carbocycles. The number of amides is 1. The standard InChI is InChI=1S/C20H17F2N7O/c1-12-5-6-13(18-25-27-29(26-18)11-14-9-20(14,21)22)8-16(12)24-19(30)15-10-23-28-7-3-2-4-17(15)28/h2-8,10,14H,9,11H2,1H3,(H,24,30)/t14-/m1/s1. The van der Waals surface area contributed by atoms with Gasteiger partial charge in [0.1, 0.15) is 0 Å². The molecule has 3 heterocycles. The second kappa shape index (κ2) is 6.68. The van der Waals surface area contributed by atoms with Crippen LogP contribution in [0.5, 0.6) is 0 Å². The van der Waals surface area contributed by atoms with Crippen molar-refractivity contribution in [2.45, 2.75) is 25.8 Å². The van der Waals surface area contributed by atoms with Crippen molar-refractivity contribution in [1.82, 2.24) is 29.8 Å². The Balaban J connectivity index is 1.37. The summed E-state index contributed by atoms with van der Waals surface area (Å²) in [6, 6.07) is 10.9. The Hall–Kier alpha value is -3.69. The summed E-state index contributed by atoms with van der Waals surface area (Å²) in [7, 11) is 0. The molecule has 0 spiro atoms. The van der Waals surface area contributed by atoms with Crippen LogP contribution in [-0.2, 0) is 6.54 Å². The smallest absolute Gasteiger partial charge is 0.259 e. The van der Waals surface area contributed by atoms with E-state index in [1.54, 1.807) is 22.8 Å². The maximum atomic E-state index is 13.1. The van der Waals surface area contributed by atoms with E-state index < -0.39 is 11.8 Å². The van der Waals surface area contributed by atoms with E-state index in [4.69, 9.17) is 0 Å². The van der Waals surface area contributed by atoms with Crippen molar-refractivity contribution >= 4 is 17.1 Å². The average molecular weight is 409 g/mol. The van der Waals surface area contributed by atoms with E-state index in [1.165, 1.54) is 11.0 Å². The number of hydrogen-bond acceptors (Lipinski definition) is 5. The van der Waals surface area contributed by atoms with Crippen LogP contribution in [-0.4, -0.2) is 41.7 Å². The largest absolute Gasteiger partial charge is 0.322 e. The lowest BCUT2D eigenvalue weighted by Gasteiger charge is -2.09. The van der Waals surface area contributed by atoms with E-state index in [2.05, 4.69) is 25.8 Å². The number of alkyl halides is 2. The van der Waals surface area contributed by atoms with Gasteiger partial charge in [0, 0.05) is 29.8 Å². The van der Waals surface area contributed by atoms with Gasteiger partial charge in [-0.15, -0.1) is 10.2 Å². The fourth-order valence-electron chi connectivity index (χ4n) is 3.30.